The van der Waals surface area contributed by atoms with Crippen LogP contribution in [0.5, 0.6) is 0 Å². The number of aromatic nitrogens is 4. The Kier molecular flexibility index (Phi) is 5.71. The van der Waals surface area contributed by atoms with Gasteiger partial charge in [0.1, 0.15) is 0 Å². The molecule has 0 N–H and O–H groups in total. The van der Waals surface area contributed by atoms with Crippen molar-refractivity contribution in [1.29, 1.82) is 0 Å². The van der Waals surface area contributed by atoms with E-state index in [1.54, 1.807) is 12.4 Å². The Balaban J connectivity index is 1.51. The van der Waals surface area contributed by atoms with Gasteiger partial charge in [0.15, 0.2) is 11.0 Å². The van der Waals surface area contributed by atoms with Gasteiger partial charge in [-0.2, -0.15) is 0 Å². The molecular formula is C21H23N5OS. The van der Waals surface area contributed by atoms with E-state index in [0.717, 1.165) is 54.6 Å². The van der Waals surface area contributed by atoms with E-state index in [2.05, 4.69) is 32.7 Å². The van der Waals surface area contributed by atoms with Crippen molar-refractivity contribution in [3.05, 3.63) is 54.4 Å². The molecular weight excluding hydrogens is 370 g/mol. The number of hydrogen-bond acceptors (Lipinski definition) is 5. The molecule has 0 saturated carbocycles. The van der Waals surface area contributed by atoms with Gasteiger partial charge in [-0.15, -0.1) is 10.2 Å². The number of pyridine rings is 1. The van der Waals surface area contributed by atoms with Crippen LogP contribution in [0.1, 0.15) is 25.3 Å². The number of hydrogen-bond donors (Lipinski definition) is 0. The number of carbonyl (C=O) groups excluding carboxylic acids is 1. The van der Waals surface area contributed by atoms with Gasteiger partial charge in [0, 0.05) is 36.7 Å². The molecule has 28 heavy (non-hydrogen) atoms. The molecule has 4 rings (SSSR count). The van der Waals surface area contributed by atoms with Crippen LogP contribution < -0.4 is 4.90 Å². The predicted molar refractivity (Wildman–Crippen MR) is 111 cm³/mol. The van der Waals surface area contributed by atoms with E-state index in [1.165, 1.54) is 17.3 Å². The molecule has 0 bridgehead atoms. The summed E-state index contributed by atoms with van der Waals surface area (Å²) in [5.74, 6) is 1.29. The van der Waals surface area contributed by atoms with Crippen LogP contribution >= 0.6 is 11.8 Å². The first-order valence-corrected chi connectivity index (χ1v) is 10.6. The van der Waals surface area contributed by atoms with Crippen molar-refractivity contribution in [3.63, 3.8) is 0 Å². The predicted octanol–water partition coefficient (Wildman–Crippen LogP) is 3.82. The highest BCUT2D eigenvalue weighted by atomic mass is 32.2. The molecule has 1 aliphatic heterocycles. The number of fused-ring (bicyclic) bond motifs is 1. The smallest absolute Gasteiger partial charge is 0.237 e. The molecule has 1 amide bonds. The average molecular weight is 394 g/mol. The van der Waals surface area contributed by atoms with Crippen molar-refractivity contribution in [3.8, 4) is 11.4 Å². The van der Waals surface area contributed by atoms with Crippen LogP contribution in [0.2, 0.25) is 0 Å². The molecule has 0 aliphatic carbocycles. The van der Waals surface area contributed by atoms with E-state index in [0.29, 0.717) is 5.75 Å². The summed E-state index contributed by atoms with van der Waals surface area (Å²) < 4.78 is 2.09. The maximum absolute atomic E-state index is 12.9. The highest BCUT2D eigenvalue weighted by Gasteiger charge is 2.23. The van der Waals surface area contributed by atoms with Gasteiger partial charge < -0.3 is 9.47 Å². The summed E-state index contributed by atoms with van der Waals surface area (Å²) >= 11 is 1.46. The first-order valence-electron chi connectivity index (χ1n) is 9.62. The van der Waals surface area contributed by atoms with E-state index in [-0.39, 0.29) is 5.91 Å². The molecule has 0 unspecified atom stereocenters. The fourth-order valence-electron chi connectivity index (χ4n) is 3.53. The van der Waals surface area contributed by atoms with Crippen molar-refractivity contribution in [1.82, 2.24) is 19.7 Å². The van der Waals surface area contributed by atoms with Gasteiger partial charge in [0.05, 0.1) is 5.75 Å². The highest BCUT2D eigenvalue weighted by molar-refractivity contribution is 7.99. The van der Waals surface area contributed by atoms with E-state index in [1.807, 2.05) is 35.2 Å². The quantitative estimate of drug-likeness (QED) is 0.596. The second-order valence-corrected chi connectivity index (χ2v) is 7.70. The zero-order valence-electron chi connectivity index (χ0n) is 15.9. The molecule has 0 atom stereocenters. The minimum absolute atomic E-state index is 0.119. The Morgan fingerprint density at radius 3 is 2.79 bits per heavy atom. The molecule has 2 aromatic heterocycles. The lowest BCUT2D eigenvalue weighted by Crippen LogP contribution is -2.36. The first-order chi connectivity index (χ1) is 13.8. The van der Waals surface area contributed by atoms with Gasteiger partial charge in [-0.25, -0.2) is 0 Å². The Hall–Kier alpha value is -2.67. The molecule has 0 saturated heterocycles. The fraction of sp³-hybridized carbons (Fsp3) is 0.333. The number of benzene rings is 1. The Morgan fingerprint density at radius 2 is 1.96 bits per heavy atom. The number of amides is 1. The maximum Gasteiger partial charge on any atom is 0.237 e. The van der Waals surface area contributed by atoms with Crippen LogP contribution in [-0.4, -0.2) is 38.0 Å². The van der Waals surface area contributed by atoms with Crippen molar-refractivity contribution in [2.75, 3.05) is 17.2 Å². The lowest BCUT2D eigenvalue weighted by atomic mass is 10.0. The third-order valence-corrected chi connectivity index (χ3v) is 5.79. The lowest BCUT2D eigenvalue weighted by Gasteiger charge is -2.29. The minimum Gasteiger partial charge on any atom is -0.311 e. The zero-order chi connectivity index (χ0) is 19.3. The number of rotatable bonds is 6. The monoisotopic (exact) mass is 393 g/mol. The molecule has 1 aromatic carbocycles. The lowest BCUT2D eigenvalue weighted by molar-refractivity contribution is -0.116. The Morgan fingerprint density at radius 1 is 1.14 bits per heavy atom. The van der Waals surface area contributed by atoms with Crippen LogP contribution in [-0.2, 0) is 17.8 Å². The average Bonchev–Trinajstić information content (AvgIpc) is 3.15. The molecule has 0 spiro atoms. The van der Waals surface area contributed by atoms with E-state index >= 15 is 0 Å². The van der Waals surface area contributed by atoms with Crippen LogP contribution in [0.25, 0.3) is 11.4 Å². The Bertz CT molecular complexity index is 956. The summed E-state index contributed by atoms with van der Waals surface area (Å²) in [5.41, 5.74) is 3.28. The largest absolute Gasteiger partial charge is 0.311 e. The molecule has 6 nitrogen and oxygen atoms in total. The molecule has 0 fully saturated rings. The SMILES string of the molecule is CCCn1c(SCC(=O)N2CCCc3ccccc32)nnc1-c1ccncc1. The third kappa shape index (κ3) is 3.80. The van der Waals surface area contributed by atoms with Crippen molar-refractivity contribution in [2.45, 2.75) is 37.9 Å². The summed E-state index contributed by atoms with van der Waals surface area (Å²) in [6.07, 6.45) is 6.52. The minimum atomic E-state index is 0.119. The zero-order valence-corrected chi connectivity index (χ0v) is 16.7. The number of anilines is 1. The van der Waals surface area contributed by atoms with Gasteiger partial charge in [0.25, 0.3) is 0 Å². The third-order valence-electron chi connectivity index (χ3n) is 4.84. The van der Waals surface area contributed by atoms with Crippen molar-refractivity contribution < 1.29 is 4.79 Å². The molecule has 7 heteroatoms. The summed E-state index contributed by atoms with van der Waals surface area (Å²) in [6, 6.07) is 12.0. The van der Waals surface area contributed by atoms with Crippen LogP contribution in [0, 0.1) is 0 Å². The first kappa shape index (κ1) is 18.7. The standard InChI is InChI=1S/C21H23N5OS/c1-2-13-26-20(17-9-11-22-12-10-17)23-24-21(26)28-15-19(27)25-14-5-7-16-6-3-4-8-18(16)25/h3-4,6,8-12H,2,5,7,13-15H2,1H3. The second-order valence-electron chi connectivity index (χ2n) is 6.76. The molecule has 0 radical (unpaired) electrons. The van der Waals surface area contributed by atoms with Crippen LogP contribution in [0.4, 0.5) is 5.69 Å². The number of thioether (sulfide) groups is 1. The van der Waals surface area contributed by atoms with Crippen LogP contribution in [0.3, 0.4) is 0 Å². The number of carbonyl (C=O) groups is 1. The highest BCUT2D eigenvalue weighted by Crippen LogP contribution is 2.29. The molecule has 144 valence electrons. The van der Waals surface area contributed by atoms with Gasteiger partial charge in [-0.3, -0.25) is 9.78 Å². The summed E-state index contributed by atoms with van der Waals surface area (Å²) in [6.45, 7) is 3.72. The summed E-state index contributed by atoms with van der Waals surface area (Å²) in [7, 11) is 0. The molecule has 1 aliphatic rings. The normalized spacial score (nSPS) is 13.4. The van der Waals surface area contributed by atoms with Gasteiger partial charge in [-0.1, -0.05) is 36.9 Å². The van der Waals surface area contributed by atoms with Gasteiger partial charge >= 0.3 is 0 Å². The number of para-hydroxylation sites is 1. The second kappa shape index (κ2) is 8.56. The van der Waals surface area contributed by atoms with Crippen molar-refractivity contribution in [2.24, 2.45) is 0 Å². The van der Waals surface area contributed by atoms with Crippen LogP contribution in [0.15, 0.2) is 53.9 Å². The van der Waals surface area contributed by atoms with Gasteiger partial charge in [0.2, 0.25) is 5.91 Å². The van der Waals surface area contributed by atoms with E-state index in [4.69, 9.17) is 0 Å². The Labute approximate surface area is 169 Å². The topological polar surface area (TPSA) is 63.9 Å². The number of aryl methyl sites for hydroxylation is 1. The molecule has 3 aromatic rings. The number of nitrogens with zero attached hydrogens (tertiary/aromatic N) is 5. The van der Waals surface area contributed by atoms with E-state index in [9.17, 15) is 4.79 Å². The summed E-state index contributed by atoms with van der Waals surface area (Å²) in [4.78, 5) is 18.9. The van der Waals surface area contributed by atoms with E-state index < -0.39 is 0 Å². The fourth-order valence-corrected chi connectivity index (χ4v) is 4.37. The van der Waals surface area contributed by atoms with Crippen molar-refractivity contribution >= 4 is 23.4 Å². The van der Waals surface area contributed by atoms with Gasteiger partial charge in [-0.05, 0) is 43.0 Å². The summed E-state index contributed by atoms with van der Waals surface area (Å²) in [5, 5.41) is 9.51. The maximum atomic E-state index is 12.9. The molecule has 3 heterocycles.